The van der Waals surface area contributed by atoms with Crippen LogP contribution in [0.1, 0.15) is 18.4 Å². The fraction of sp³-hybridized carbons (Fsp3) is 0.600. The first-order valence-corrected chi connectivity index (χ1v) is 7.52. The van der Waals surface area contributed by atoms with E-state index >= 15 is 0 Å². The second-order valence-corrected chi connectivity index (χ2v) is 5.80. The van der Waals surface area contributed by atoms with Crippen molar-refractivity contribution in [2.24, 2.45) is 0 Å². The first-order chi connectivity index (χ1) is 9.68. The maximum Gasteiger partial charge on any atom is 0.0895 e. The molecule has 0 saturated carbocycles. The molecule has 0 aromatic heterocycles. The molecule has 0 spiro atoms. The SMILES string of the molecule is OC1(CNCCOCc2ccc(Cl)cc2)CCCNC1. The van der Waals surface area contributed by atoms with Crippen molar-refractivity contribution < 1.29 is 9.84 Å². The van der Waals surface area contributed by atoms with Crippen molar-refractivity contribution in [2.45, 2.75) is 25.0 Å². The molecule has 1 heterocycles. The van der Waals surface area contributed by atoms with Gasteiger partial charge in [0.05, 0.1) is 18.8 Å². The van der Waals surface area contributed by atoms with Crippen molar-refractivity contribution in [1.82, 2.24) is 10.6 Å². The highest BCUT2D eigenvalue weighted by molar-refractivity contribution is 6.30. The molecule has 0 bridgehead atoms. The van der Waals surface area contributed by atoms with Crippen molar-refractivity contribution in [1.29, 1.82) is 0 Å². The normalized spacial score (nSPS) is 22.9. The topological polar surface area (TPSA) is 53.5 Å². The van der Waals surface area contributed by atoms with Gasteiger partial charge in [0, 0.05) is 24.7 Å². The van der Waals surface area contributed by atoms with Crippen LogP contribution in [-0.4, -0.2) is 43.5 Å². The van der Waals surface area contributed by atoms with Crippen LogP contribution in [0.3, 0.4) is 0 Å². The third-order valence-corrected chi connectivity index (χ3v) is 3.76. The third kappa shape index (κ3) is 5.38. The molecule has 0 aliphatic carbocycles. The zero-order valence-electron chi connectivity index (χ0n) is 11.7. The second kappa shape index (κ2) is 7.96. The molecule has 112 valence electrons. The number of nitrogens with one attached hydrogen (secondary N) is 2. The van der Waals surface area contributed by atoms with Gasteiger partial charge < -0.3 is 20.5 Å². The number of β-amino-alcohol motifs (C(OH)–C–C–N with tert-alkyl or cyclic N) is 1. The molecule has 3 N–H and O–H groups in total. The van der Waals surface area contributed by atoms with Gasteiger partial charge in [0.15, 0.2) is 0 Å². The molecular weight excluding hydrogens is 276 g/mol. The maximum atomic E-state index is 10.3. The highest BCUT2D eigenvalue weighted by atomic mass is 35.5. The van der Waals surface area contributed by atoms with Crippen molar-refractivity contribution in [3.05, 3.63) is 34.9 Å². The average Bonchev–Trinajstić information content (AvgIpc) is 2.45. The Bertz CT molecular complexity index is 391. The molecule has 1 aliphatic rings. The van der Waals surface area contributed by atoms with Crippen molar-refractivity contribution in [3.63, 3.8) is 0 Å². The van der Waals surface area contributed by atoms with Crippen molar-refractivity contribution in [3.8, 4) is 0 Å². The molecular formula is C15H23ClN2O2. The molecule has 5 heteroatoms. The fourth-order valence-corrected chi connectivity index (χ4v) is 2.46. The summed E-state index contributed by atoms with van der Waals surface area (Å²) in [7, 11) is 0. The molecule has 1 unspecified atom stereocenters. The smallest absolute Gasteiger partial charge is 0.0895 e. The van der Waals surface area contributed by atoms with Gasteiger partial charge in [-0.2, -0.15) is 0 Å². The van der Waals surface area contributed by atoms with Gasteiger partial charge in [-0.3, -0.25) is 0 Å². The van der Waals surface area contributed by atoms with Crippen molar-refractivity contribution in [2.75, 3.05) is 32.8 Å². The van der Waals surface area contributed by atoms with Crippen LogP contribution >= 0.6 is 11.6 Å². The van der Waals surface area contributed by atoms with E-state index in [4.69, 9.17) is 16.3 Å². The fourth-order valence-electron chi connectivity index (χ4n) is 2.34. The number of ether oxygens (including phenoxy) is 1. The standard InChI is InChI=1S/C15H23ClN2O2/c16-14-4-2-13(3-5-14)10-20-9-8-18-12-15(19)6-1-7-17-11-15/h2-5,17-19H,1,6-12H2. The quantitative estimate of drug-likeness (QED) is 0.669. The van der Waals surface area contributed by atoms with E-state index in [1.165, 1.54) is 0 Å². The Kier molecular flexibility index (Phi) is 6.26. The summed E-state index contributed by atoms with van der Waals surface area (Å²) >= 11 is 5.82. The highest BCUT2D eigenvalue weighted by Gasteiger charge is 2.28. The number of halogens is 1. The van der Waals surface area contributed by atoms with E-state index in [-0.39, 0.29) is 0 Å². The maximum absolute atomic E-state index is 10.3. The number of rotatable bonds is 7. The van der Waals surface area contributed by atoms with Crippen molar-refractivity contribution >= 4 is 11.6 Å². The molecule has 2 rings (SSSR count). The molecule has 1 fully saturated rings. The Morgan fingerprint density at radius 2 is 2.15 bits per heavy atom. The summed E-state index contributed by atoms with van der Waals surface area (Å²) in [5, 5.41) is 17.5. The van der Waals surface area contributed by atoms with E-state index in [0.29, 0.717) is 26.3 Å². The molecule has 1 aliphatic heterocycles. The van der Waals surface area contributed by atoms with E-state index in [2.05, 4.69) is 10.6 Å². The minimum absolute atomic E-state index is 0.588. The lowest BCUT2D eigenvalue weighted by Gasteiger charge is -2.32. The first-order valence-electron chi connectivity index (χ1n) is 7.14. The Hall–Kier alpha value is -0.650. The largest absolute Gasteiger partial charge is 0.387 e. The summed E-state index contributed by atoms with van der Waals surface area (Å²) in [6.07, 6.45) is 1.89. The molecule has 1 aromatic carbocycles. The van der Waals surface area contributed by atoms with E-state index in [1.54, 1.807) is 0 Å². The molecule has 1 saturated heterocycles. The summed E-state index contributed by atoms with van der Waals surface area (Å²) in [4.78, 5) is 0. The van der Waals surface area contributed by atoms with Crippen LogP contribution in [0, 0.1) is 0 Å². The van der Waals surface area contributed by atoms with Gasteiger partial charge in [-0.25, -0.2) is 0 Å². The Labute approximate surface area is 125 Å². The van der Waals surface area contributed by atoms with E-state index in [9.17, 15) is 5.11 Å². The molecule has 4 nitrogen and oxygen atoms in total. The Morgan fingerprint density at radius 1 is 1.35 bits per heavy atom. The molecule has 20 heavy (non-hydrogen) atoms. The minimum Gasteiger partial charge on any atom is -0.387 e. The van der Waals surface area contributed by atoms with Gasteiger partial charge in [-0.15, -0.1) is 0 Å². The summed E-state index contributed by atoms with van der Waals surface area (Å²) in [6, 6.07) is 7.66. The molecule has 0 amide bonds. The van der Waals surface area contributed by atoms with Crippen LogP contribution in [0.15, 0.2) is 24.3 Å². The van der Waals surface area contributed by atoms with E-state index in [1.807, 2.05) is 24.3 Å². The zero-order chi connectivity index (χ0) is 14.3. The molecule has 1 atom stereocenters. The summed E-state index contributed by atoms with van der Waals surface area (Å²) < 4.78 is 5.58. The molecule has 0 radical (unpaired) electrons. The monoisotopic (exact) mass is 298 g/mol. The minimum atomic E-state index is -0.603. The van der Waals surface area contributed by atoms with Crippen LogP contribution in [0.4, 0.5) is 0 Å². The summed E-state index contributed by atoms with van der Waals surface area (Å²) in [5.74, 6) is 0. The second-order valence-electron chi connectivity index (χ2n) is 5.36. The van der Waals surface area contributed by atoms with E-state index in [0.717, 1.165) is 36.5 Å². The van der Waals surface area contributed by atoms with Crippen LogP contribution in [0.25, 0.3) is 0 Å². The van der Waals surface area contributed by atoms with Crippen LogP contribution in [0.5, 0.6) is 0 Å². The number of hydrogen-bond acceptors (Lipinski definition) is 4. The van der Waals surface area contributed by atoms with Gasteiger partial charge in [0.25, 0.3) is 0 Å². The number of benzene rings is 1. The Balaban J connectivity index is 1.54. The first kappa shape index (κ1) is 15.7. The lowest BCUT2D eigenvalue weighted by atomic mass is 9.94. The number of hydrogen-bond donors (Lipinski definition) is 3. The van der Waals surface area contributed by atoms with Crippen LogP contribution in [0.2, 0.25) is 5.02 Å². The van der Waals surface area contributed by atoms with Gasteiger partial charge in [-0.1, -0.05) is 23.7 Å². The molecule has 1 aromatic rings. The average molecular weight is 299 g/mol. The van der Waals surface area contributed by atoms with Crippen LogP contribution in [-0.2, 0) is 11.3 Å². The lowest BCUT2D eigenvalue weighted by molar-refractivity contribution is 0.0150. The lowest BCUT2D eigenvalue weighted by Crippen LogP contribution is -2.52. The van der Waals surface area contributed by atoms with Gasteiger partial charge in [0.1, 0.15) is 0 Å². The summed E-state index contributed by atoms with van der Waals surface area (Å²) in [5.41, 5.74) is 0.513. The third-order valence-electron chi connectivity index (χ3n) is 3.51. The van der Waals surface area contributed by atoms with E-state index < -0.39 is 5.60 Å². The predicted octanol–water partition coefficient (Wildman–Crippen LogP) is 1.56. The number of aliphatic hydroxyl groups is 1. The Morgan fingerprint density at radius 3 is 2.85 bits per heavy atom. The van der Waals surface area contributed by atoms with Crippen LogP contribution < -0.4 is 10.6 Å². The highest BCUT2D eigenvalue weighted by Crippen LogP contribution is 2.14. The van der Waals surface area contributed by atoms with Gasteiger partial charge in [-0.05, 0) is 37.1 Å². The van der Waals surface area contributed by atoms with Gasteiger partial charge in [0.2, 0.25) is 0 Å². The zero-order valence-corrected chi connectivity index (χ0v) is 12.5. The van der Waals surface area contributed by atoms with Gasteiger partial charge >= 0.3 is 0 Å². The number of piperidine rings is 1. The summed E-state index contributed by atoms with van der Waals surface area (Å²) in [6.45, 7) is 4.26. The predicted molar refractivity (Wildman–Crippen MR) is 81.0 cm³/mol.